The monoisotopic (exact) mass is 330 g/mol. The van der Waals surface area contributed by atoms with Crippen molar-refractivity contribution in [2.24, 2.45) is 10.9 Å². The minimum absolute atomic E-state index is 0.687. The predicted octanol–water partition coefficient (Wildman–Crippen LogP) is 2.80. The molecule has 1 fully saturated rings. The fraction of sp³-hybridized carbons (Fsp3) is 0.412. The first-order valence-corrected chi connectivity index (χ1v) is 8.76. The van der Waals surface area contributed by atoms with Crippen molar-refractivity contribution >= 4 is 17.3 Å². The molecule has 23 heavy (non-hydrogen) atoms. The molecule has 6 heteroatoms. The standard InChI is InChI=1S/C17H22N4OS/c1-18-17(21-11-15-3-2-8-23-15)20-10-14-6-7-19-16(9-14)22-12-13-4-5-13/h2-3,6-9,13H,4-5,10-12H2,1H3,(H2,18,20,21). The molecule has 0 unspecified atom stereocenters. The number of aromatic nitrogens is 1. The van der Waals surface area contributed by atoms with Crippen molar-refractivity contribution in [3.8, 4) is 5.88 Å². The average Bonchev–Trinajstić information content (AvgIpc) is 3.27. The van der Waals surface area contributed by atoms with Crippen LogP contribution in [0.3, 0.4) is 0 Å². The molecule has 2 heterocycles. The van der Waals surface area contributed by atoms with Crippen LogP contribution in [-0.4, -0.2) is 24.6 Å². The highest BCUT2D eigenvalue weighted by atomic mass is 32.1. The van der Waals surface area contributed by atoms with Gasteiger partial charge in [-0.25, -0.2) is 4.98 Å². The highest BCUT2D eigenvalue weighted by molar-refractivity contribution is 7.09. The van der Waals surface area contributed by atoms with Crippen molar-refractivity contribution in [3.63, 3.8) is 0 Å². The molecule has 0 amide bonds. The van der Waals surface area contributed by atoms with E-state index in [2.05, 4.69) is 38.1 Å². The summed E-state index contributed by atoms with van der Waals surface area (Å²) in [5, 5.41) is 8.70. The van der Waals surface area contributed by atoms with E-state index in [1.165, 1.54) is 17.7 Å². The molecular weight excluding hydrogens is 308 g/mol. The molecule has 1 aliphatic rings. The third-order valence-corrected chi connectivity index (χ3v) is 4.53. The molecule has 0 spiro atoms. The summed E-state index contributed by atoms with van der Waals surface area (Å²) in [4.78, 5) is 9.79. The van der Waals surface area contributed by atoms with E-state index in [-0.39, 0.29) is 0 Å². The van der Waals surface area contributed by atoms with Crippen LogP contribution in [0.15, 0.2) is 40.8 Å². The SMILES string of the molecule is CN=C(NCc1ccnc(OCC2CC2)c1)NCc1cccs1. The first-order chi connectivity index (χ1) is 11.3. The van der Waals surface area contributed by atoms with Gasteiger partial charge in [0, 0.05) is 30.7 Å². The number of nitrogens with one attached hydrogen (secondary N) is 2. The van der Waals surface area contributed by atoms with E-state index in [0.717, 1.165) is 30.6 Å². The topological polar surface area (TPSA) is 58.5 Å². The molecule has 2 N–H and O–H groups in total. The lowest BCUT2D eigenvalue weighted by Gasteiger charge is -2.12. The number of hydrogen-bond donors (Lipinski definition) is 2. The van der Waals surface area contributed by atoms with Gasteiger partial charge in [0.2, 0.25) is 5.88 Å². The van der Waals surface area contributed by atoms with Crippen LogP contribution in [0.25, 0.3) is 0 Å². The third-order valence-electron chi connectivity index (χ3n) is 3.66. The maximum atomic E-state index is 5.72. The summed E-state index contributed by atoms with van der Waals surface area (Å²) >= 11 is 1.73. The fourth-order valence-electron chi connectivity index (χ4n) is 2.12. The van der Waals surface area contributed by atoms with E-state index in [9.17, 15) is 0 Å². The van der Waals surface area contributed by atoms with E-state index < -0.39 is 0 Å². The van der Waals surface area contributed by atoms with Gasteiger partial charge in [-0.15, -0.1) is 11.3 Å². The van der Waals surface area contributed by atoms with Gasteiger partial charge in [-0.05, 0) is 41.8 Å². The molecule has 0 radical (unpaired) electrons. The smallest absolute Gasteiger partial charge is 0.213 e. The summed E-state index contributed by atoms with van der Waals surface area (Å²) in [7, 11) is 1.78. The molecule has 0 saturated heterocycles. The highest BCUT2D eigenvalue weighted by Crippen LogP contribution is 2.29. The fourth-order valence-corrected chi connectivity index (χ4v) is 2.76. The van der Waals surface area contributed by atoms with Gasteiger partial charge in [-0.1, -0.05) is 6.07 Å². The lowest BCUT2D eigenvalue weighted by Crippen LogP contribution is -2.36. The van der Waals surface area contributed by atoms with Gasteiger partial charge in [0.25, 0.3) is 0 Å². The van der Waals surface area contributed by atoms with E-state index in [0.29, 0.717) is 12.4 Å². The molecule has 0 atom stereocenters. The molecule has 2 aromatic heterocycles. The van der Waals surface area contributed by atoms with Crippen LogP contribution in [0.4, 0.5) is 0 Å². The quantitative estimate of drug-likeness (QED) is 0.605. The van der Waals surface area contributed by atoms with Crippen molar-refractivity contribution in [2.75, 3.05) is 13.7 Å². The molecule has 1 saturated carbocycles. The second kappa shape index (κ2) is 7.97. The molecule has 0 bridgehead atoms. The molecule has 2 aromatic rings. The highest BCUT2D eigenvalue weighted by Gasteiger charge is 2.22. The molecule has 3 rings (SSSR count). The van der Waals surface area contributed by atoms with Crippen LogP contribution >= 0.6 is 11.3 Å². The second-order valence-electron chi connectivity index (χ2n) is 5.62. The number of rotatable bonds is 7. The van der Waals surface area contributed by atoms with Gasteiger partial charge in [-0.2, -0.15) is 0 Å². The normalized spacial score (nSPS) is 14.6. The predicted molar refractivity (Wildman–Crippen MR) is 93.8 cm³/mol. The lowest BCUT2D eigenvalue weighted by atomic mass is 10.2. The average molecular weight is 330 g/mol. The number of ether oxygens (including phenoxy) is 1. The summed E-state index contributed by atoms with van der Waals surface area (Å²) in [5.41, 5.74) is 1.13. The van der Waals surface area contributed by atoms with Crippen LogP contribution < -0.4 is 15.4 Å². The Morgan fingerprint density at radius 3 is 2.96 bits per heavy atom. The number of pyridine rings is 1. The van der Waals surface area contributed by atoms with Gasteiger partial charge < -0.3 is 15.4 Å². The summed E-state index contributed by atoms with van der Waals surface area (Å²) in [6, 6.07) is 8.14. The Morgan fingerprint density at radius 1 is 1.35 bits per heavy atom. The first-order valence-electron chi connectivity index (χ1n) is 7.88. The van der Waals surface area contributed by atoms with Gasteiger partial charge in [0.05, 0.1) is 13.2 Å². The first kappa shape index (κ1) is 15.8. The summed E-state index contributed by atoms with van der Waals surface area (Å²) in [6.45, 7) is 2.25. The Morgan fingerprint density at radius 2 is 2.22 bits per heavy atom. The number of hydrogen-bond acceptors (Lipinski definition) is 4. The zero-order valence-electron chi connectivity index (χ0n) is 13.3. The molecular formula is C17H22N4OS. The molecule has 5 nitrogen and oxygen atoms in total. The van der Waals surface area contributed by atoms with Crippen LogP contribution in [-0.2, 0) is 13.1 Å². The zero-order chi connectivity index (χ0) is 15.9. The minimum Gasteiger partial charge on any atom is -0.477 e. The second-order valence-corrected chi connectivity index (χ2v) is 6.65. The number of guanidine groups is 1. The minimum atomic E-state index is 0.687. The van der Waals surface area contributed by atoms with E-state index in [1.807, 2.05) is 12.1 Å². The number of nitrogens with zero attached hydrogens (tertiary/aromatic N) is 2. The van der Waals surface area contributed by atoms with E-state index >= 15 is 0 Å². The third kappa shape index (κ3) is 5.25. The van der Waals surface area contributed by atoms with Crippen molar-refractivity contribution in [1.29, 1.82) is 0 Å². The number of aliphatic imine (C=N–C) groups is 1. The zero-order valence-corrected chi connectivity index (χ0v) is 14.1. The van der Waals surface area contributed by atoms with E-state index in [4.69, 9.17) is 4.74 Å². The van der Waals surface area contributed by atoms with Crippen LogP contribution in [0.1, 0.15) is 23.3 Å². The van der Waals surface area contributed by atoms with E-state index in [1.54, 1.807) is 24.6 Å². The number of thiophene rings is 1. The Kier molecular flexibility index (Phi) is 5.47. The summed E-state index contributed by atoms with van der Waals surface area (Å²) in [5.74, 6) is 2.23. The van der Waals surface area contributed by atoms with Crippen molar-refractivity contribution < 1.29 is 4.74 Å². The van der Waals surface area contributed by atoms with Crippen molar-refractivity contribution in [3.05, 3.63) is 46.3 Å². The summed E-state index contributed by atoms with van der Waals surface area (Å²) < 4.78 is 5.72. The summed E-state index contributed by atoms with van der Waals surface area (Å²) in [6.07, 6.45) is 4.36. The van der Waals surface area contributed by atoms with Crippen LogP contribution in [0, 0.1) is 5.92 Å². The van der Waals surface area contributed by atoms with Crippen molar-refractivity contribution in [2.45, 2.75) is 25.9 Å². The maximum Gasteiger partial charge on any atom is 0.213 e. The molecule has 0 aromatic carbocycles. The maximum absolute atomic E-state index is 5.72. The Bertz CT molecular complexity index is 638. The largest absolute Gasteiger partial charge is 0.477 e. The van der Waals surface area contributed by atoms with Crippen LogP contribution in [0.5, 0.6) is 5.88 Å². The molecule has 1 aliphatic carbocycles. The Hall–Kier alpha value is -2.08. The van der Waals surface area contributed by atoms with Gasteiger partial charge in [-0.3, -0.25) is 4.99 Å². The Labute approximate surface area is 140 Å². The van der Waals surface area contributed by atoms with Crippen LogP contribution in [0.2, 0.25) is 0 Å². The van der Waals surface area contributed by atoms with Gasteiger partial charge in [0.15, 0.2) is 5.96 Å². The molecule has 0 aliphatic heterocycles. The van der Waals surface area contributed by atoms with Crippen molar-refractivity contribution in [1.82, 2.24) is 15.6 Å². The Balaban J connectivity index is 1.46. The van der Waals surface area contributed by atoms with Gasteiger partial charge >= 0.3 is 0 Å². The van der Waals surface area contributed by atoms with Gasteiger partial charge in [0.1, 0.15) is 0 Å². The molecule has 122 valence electrons. The lowest BCUT2D eigenvalue weighted by molar-refractivity contribution is 0.288.